The Morgan fingerprint density at radius 1 is 1.39 bits per heavy atom. The quantitative estimate of drug-likeness (QED) is 0.757. The van der Waals surface area contributed by atoms with Crippen molar-refractivity contribution in [1.82, 2.24) is 9.97 Å². The number of benzene rings is 1. The van der Waals surface area contributed by atoms with Gasteiger partial charge in [0.05, 0.1) is 15.9 Å². The highest BCUT2D eigenvalue weighted by Gasteiger charge is 2.07. The first kappa shape index (κ1) is 11.4. The van der Waals surface area contributed by atoms with Crippen LogP contribution in [-0.2, 0) is 6.42 Å². The molecule has 1 unspecified atom stereocenters. The van der Waals surface area contributed by atoms with E-state index < -0.39 is 0 Å². The van der Waals surface area contributed by atoms with E-state index in [0.717, 1.165) is 23.3 Å². The van der Waals surface area contributed by atoms with E-state index in [9.17, 15) is 0 Å². The number of imidazole rings is 1. The van der Waals surface area contributed by atoms with E-state index in [0.29, 0.717) is 0 Å². The van der Waals surface area contributed by atoms with Crippen molar-refractivity contribution in [3.05, 3.63) is 41.3 Å². The number of hydrogen-bond donors (Lipinski definition) is 2. The minimum atomic E-state index is 0.183. The number of rotatable bonds is 3. The van der Waals surface area contributed by atoms with Crippen LogP contribution in [0.1, 0.15) is 12.5 Å². The molecule has 0 saturated carbocycles. The maximum atomic E-state index is 5.83. The highest BCUT2D eigenvalue weighted by molar-refractivity contribution is 7.13. The zero-order chi connectivity index (χ0) is 12.5. The number of nitrogens with one attached hydrogen (secondary N) is 1. The second-order valence-electron chi connectivity index (χ2n) is 4.60. The van der Waals surface area contributed by atoms with Gasteiger partial charge in [-0.25, -0.2) is 4.98 Å². The summed E-state index contributed by atoms with van der Waals surface area (Å²) in [7, 11) is 0. The lowest BCUT2D eigenvalue weighted by Gasteiger charge is -2.04. The van der Waals surface area contributed by atoms with E-state index in [1.807, 2.05) is 13.0 Å². The van der Waals surface area contributed by atoms with E-state index in [4.69, 9.17) is 5.73 Å². The number of aromatic nitrogens is 2. The maximum Gasteiger partial charge on any atom is 0.148 e. The predicted octanol–water partition coefficient (Wildman–Crippen LogP) is 3.18. The maximum absolute atomic E-state index is 5.83. The summed E-state index contributed by atoms with van der Waals surface area (Å²) in [6.07, 6.45) is 0.892. The van der Waals surface area contributed by atoms with Crippen LogP contribution in [0, 0.1) is 0 Å². The molecule has 0 radical (unpaired) electrons. The van der Waals surface area contributed by atoms with E-state index in [1.165, 1.54) is 10.4 Å². The Balaban J connectivity index is 2.02. The smallest absolute Gasteiger partial charge is 0.148 e. The summed E-state index contributed by atoms with van der Waals surface area (Å²) in [4.78, 5) is 9.14. The number of thiophene rings is 1. The van der Waals surface area contributed by atoms with Crippen LogP contribution in [0.2, 0.25) is 0 Å². The highest BCUT2D eigenvalue weighted by Crippen LogP contribution is 2.25. The van der Waals surface area contributed by atoms with Crippen LogP contribution in [0.25, 0.3) is 21.7 Å². The lowest BCUT2D eigenvalue weighted by molar-refractivity contribution is 0.739. The van der Waals surface area contributed by atoms with Crippen molar-refractivity contribution in [3.8, 4) is 10.7 Å². The first-order chi connectivity index (χ1) is 8.72. The minimum absolute atomic E-state index is 0.183. The first-order valence-corrected chi connectivity index (χ1v) is 6.88. The summed E-state index contributed by atoms with van der Waals surface area (Å²) in [5, 5.41) is 2.06. The van der Waals surface area contributed by atoms with Gasteiger partial charge in [0.1, 0.15) is 5.82 Å². The van der Waals surface area contributed by atoms with Crippen molar-refractivity contribution < 1.29 is 0 Å². The van der Waals surface area contributed by atoms with E-state index in [2.05, 4.69) is 39.6 Å². The van der Waals surface area contributed by atoms with Gasteiger partial charge in [-0.15, -0.1) is 11.3 Å². The highest BCUT2D eigenvalue weighted by atomic mass is 32.1. The Labute approximate surface area is 110 Å². The van der Waals surface area contributed by atoms with Crippen molar-refractivity contribution in [3.63, 3.8) is 0 Å². The summed E-state index contributed by atoms with van der Waals surface area (Å²) < 4.78 is 0. The van der Waals surface area contributed by atoms with Gasteiger partial charge in [-0.2, -0.15) is 0 Å². The van der Waals surface area contributed by atoms with Crippen LogP contribution in [-0.4, -0.2) is 16.0 Å². The molecule has 1 atom stereocenters. The van der Waals surface area contributed by atoms with Crippen LogP contribution in [0.4, 0.5) is 0 Å². The van der Waals surface area contributed by atoms with Crippen LogP contribution in [0.5, 0.6) is 0 Å². The molecule has 92 valence electrons. The molecule has 3 aromatic rings. The summed E-state index contributed by atoms with van der Waals surface area (Å²) >= 11 is 1.69. The standard InChI is InChI=1S/C14H15N3S/c1-9(15)7-10-4-5-11-12(8-10)17-14(16-11)13-3-2-6-18-13/h2-6,8-9H,7,15H2,1H3,(H,16,17). The second-order valence-corrected chi connectivity index (χ2v) is 5.54. The van der Waals surface area contributed by atoms with E-state index >= 15 is 0 Å². The zero-order valence-electron chi connectivity index (χ0n) is 10.2. The number of H-pyrrole nitrogens is 1. The number of fused-ring (bicyclic) bond motifs is 1. The molecule has 0 aliphatic heterocycles. The molecule has 0 aliphatic rings. The monoisotopic (exact) mass is 257 g/mol. The lowest BCUT2D eigenvalue weighted by Crippen LogP contribution is -2.17. The molecule has 3 rings (SSSR count). The number of hydrogen-bond acceptors (Lipinski definition) is 3. The molecule has 0 spiro atoms. The van der Waals surface area contributed by atoms with Gasteiger partial charge in [0.2, 0.25) is 0 Å². The van der Waals surface area contributed by atoms with Crippen molar-refractivity contribution in [2.75, 3.05) is 0 Å². The minimum Gasteiger partial charge on any atom is -0.337 e. The SMILES string of the molecule is CC(N)Cc1ccc2nc(-c3cccs3)[nH]c2c1. The van der Waals surface area contributed by atoms with Gasteiger partial charge in [0, 0.05) is 6.04 Å². The normalized spacial score (nSPS) is 13.0. The molecule has 0 saturated heterocycles. The van der Waals surface area contributed by atoms with Crippen LogP contribution < -0.4 is 5.73 Å². The molecule has 3 N–H and O–H groups in total. The van der Waals surface area contributed by atoms with Gasteiger partial charge in [-0.1, -0.05) is 12.1 Å². The van der Waals surface area contributed by atoms with Crippen molar-refractivity contribution in [2.24, 2.45) is 5.73 Å². The summed E-state index contributed by atoms with van der Waals surface area (Å²) in [6.45, 7) is 2.02. The molecule has 1 aromatic carbocycles. The van der Waals surface area contributed by atoms with Gasteiger partial charge in [0.15, 0.2) is 0 Å². The van der Waals surface area contributed by atoms with Crippen LogP contribution in [0.15, 0.2) is 35.7 Å². The van der Waals surface area contributed by atoms with Crippen molar-refractivity contribution in [1.29, 1.82) is 0 Å². The average Bonchev–Trinajstić information content (AvgIpc) is 2.95. The number of aromatic amines is 1. The lowest BCUT2D eigenvalue weighted by atomic mass is 10.1. The number of nitrogens with two attached hydrogens (primary N) is 1. The Bertz CT molecular complexity index is 653. The van der Waals surface area contributed by atoms with Gasteiger partial charge >= 0.3 is 0 Å². The molecule has 4 heteroatoms. The molecule has 3 nitrogen and oxygen atoms in total. The second kappa shape index (κ2) is 4.55. The molecule has 0 fully saturated rings. The van der Waals surface area contributed by atoms with Crippen LogP contribution >= 0.6 is 11.3 Å². The Kier molecular flexibility index (Phi) is 2.89. The first-order valence-electron chi connectivity index (χ1n) is 6.00. The third kappa shape index (κ3) is 2.17. The van der Waals surface area contributed by atoms with Gasteiger partial charge in [0.25, 0.3) is 0 Å². The Morgan fingerprint density at radius 2 is 2.28 bits per heavy atom. The van der Waals surface area contributed by atoms with Crippen LogP contribution in [0.3, 0.4) is 0 Å². The average molecular weight is 257 g/mol. The zero-order valence-corrected chi connectivity index (χ0v) is 11.0. The fraction of sp³-hybridized carbons (Fsp3) is 0.214. The predicted molar refractivity (Wildman–Crippen MR) is 76.8 cm³/mol. The molecular weight excluding hydrogens is 242 g/mol. The third-order valence-corrected chi connectivity index (χ3v) is 3.74. The largest absolute Gasteiger partial charge is 0.337 e. The molecule has 18 heavy (non-hydrogen) atoms. The van der Waals surface area contributed by atoms with E-state index in [1.54, 1.807) is 11.3 Å². The van der Waals surface area contributed by atoms with Crippen molar-refractivity contribution in [2.45, 2.75) is 19.4 Å². The van der Waals surface area contributed by atoms with Gasteiger partial charge < -0.3 is 10.7 Å². The fourth-order valence-electron chi connectivity index (χ4n) is 2.09. The van der Waals surface area contributed by atoms with Crippen molar-refractivity contribution >= 4 is 22.4 Å². The topological polar surface area (TPSA) is 54.7 Å². The molecule has 2 heterocycles. The molecule has 0 amide bonds. The van der Waals surface area contributed by atoms with E-state index in [-0.39, 0.29) is 6.04 Å². The number of nitrogens with zero attached hydrogens (tertiary/aromatic N) is 1. The summed E-state index contributed by atoms with van der Waals surface area (Å²) in [5.74, 6) is 0.943. The third-order valence-electron chi connectivity index (χ3n) is 2.86. The Hall–Kier alpha value is -1.65. The van der Waals surface area contributed by atoms with Gasteiger partial charge in [-0.05, 0) is 42.5 Å². The summed E-state index contributed by atoms with van der Waals surface area (Å²) in [6, 6.07) is 10.6. The molecule has 0 aliphatic carbocycles. The van der Waals surface area contributed by atoms with Gasteiger partial charge in [-0.3, -0.25) is 0 Å². The molecule has 0 bridgehead atoms. The Morgan fingerprint density at radius 3 is 3.00 bits per heavy atom. The molecular formula is C14H15N3S. The fourth-order valence-corrected chi connectivity index (χ4v) is 2.75. The summed E-state index contributed by atoms with van der Waals surface area (Å²) in [5.41, 5.74) is 9.16. The molecule has 2 aromatic heterocycles.